The van der Waals surface area contributed by atoms with Gasteiger partial charge in [-0.25, -0.2) is 4.68 Å². The number of halogens is 1. The predicted molar refractivity (Wildman–Crippen MR) is 134 cm³/mol. The highest BCUT2D eigenvalue weighted by molar-refractivity contribution is 6.32. The number of benzene rings is 1. The van der Waals surface area contributed by atoms with E-state index >= 15 is 0 Å². The number of para-hydroxylation sites is 1. The fourth-order valence-corrected chi connectivity index (χ4v) is 4.26. The van der Waals surface area contributed by atoms with E-state index < -0.39 is 23.1 Å². The van der Waals surface area contributed by atoms with Crippen LogP contribution in [0.1, 0.15) is 39.2 Å². The number of carbonyl (C=O) groups is 1. The van der Waals surface area contributed by atoms with Crippen molar-refractivity contribution < 1.29 is 19.4 Å². The molecule has 1 atom stereocenters. The Morgan fingerprint density at radius 1 is 1.31 bits per heavy atom. The lowest BCUT2D eigenvalue weighted by Crippen LogP contribution is -2.36. The lowest BCUT2D eigenvalue weighted by molar-refractivity contribution is -0.120. The van der Waals surface area contributed by atoms with E-state index in [0.29, 0.717) is 36.2 Å². The standard InChI is InChI=1S/C25H30ClN5O5/c1-25(2,34)16-30-10-7-22(29-30)28-24(33)20(13-17-8-11-35-12-9-17)31-23(32)14-18(15-27-31)36-21-6-4-3-5-19(21)26/h3-7,10,14-15,17,20,34H,8-9,11-13,16H2,1-2H3,(H,28,29,33)/t20-/m1/s1. The number of nitrogens with one attached hydrogen (secondary N) is 1. The number of hydrogen-bond acceptors (Lipinski definition) is 7. The molecule has 11 heteroatoms. The molecule has 0 spiro atoms. The number of nitrogens with zero attached hydrogens (tertiary/aromatic N) is 4. The maximum Gasteiger partial charge on any atom is 0.271 e. The summed E-state index contributed by atoms with van der Waals surface area (Å²) in [7, 11) is 0. The van der Waals surface area contributed by atoms with Gasteiger partial charge in [0, 0.05) is 31.5 Å². The Kier molecular flexibility index (Phi) is 8.07. The molecule has 0 bridgehead atoms. The average molecular weight is 516 g/mol. The van der Waals surface area contributed by atoms with E-state index in [1.54, 1.807) is 55.1 Å². The largest absolute Gasteiger partial charge is 0.454 e. The first-order valence-electron chi connectivity index (χ1n) is 11.8. The molecule has 4 rings (SSSR count). The Labute approximate surface area is 213 Å². The minimum atomic E-state index is -0.954. The third kappa shape index (κ3) is 6.93. The molecule has 1 amide bonds. The van der Waals surface area contributed by atoms with Crippen molar-refractivity contribution in [3.63, 3.8) is 0 Å². The van der Waals surface area contributed by atoms with Gasteiger partial charge in [0.15, 0.2) is 11.6 Å². The van der Waals surface area contributed by atoms with Crippen molar-refractivity contribution in [2.24, 2.45) is 5.92 Å². The molecule has 36 heavy (non-hydrogen) atoms. The highest BCUT2D eigenvalue weighted by Gasteiger charge is 2.29. The average Bonchev–Trinajstić information content (AvgIpc) is 3.25. The number of hydrogen-bond donors (Lipinski definition) is 2. The zero-order valence-corrected chi connectivity index (χ0v) is 21.0. The van der Waals surface area contributed by atoms with E-state index in [1.165, 1.54) is 16.9 Å². The van der Waals surface area contributed by atoms with Crippen LogP contribution < -0.4 is 15.6 Å². The molecular weight excluding hydrogens is 486 g/mol. The van der Waals surface area contributed by atoms with Crippen molar-refractivity contribution >= 4 is 23.3 Å². The lowest BCUT2D eigenvalue weighted by Gasteiger charge is -2.26. The van der Waals surface area contributed by atoms with Gasteiger partial charge in [0.05, 0.1) is 23.4 Å². The van der Waals surface area contributed by atoms with Gasteiger partial charge in [0.1, 0.15) is 11.8 Å². The molecule has 2 N–H and O–H groups in total. The van der Waals surface area contributed by atoms with Crippen LogP contribution in [0, 0.1) is 5.92 Å². The van der Waals surface area contributed by atoms with Crippen LogP contribution in [0.4, 0.5) is 5.82 Å². The van der Waals surface area contributed by atoms with Crippen molar-refractivity contribution in [3.8, 4) is 11.5 Å². The second kappa shape index (κ2) is 11.2. The van der Waals surface area contributed by atoms with E-state index in [2.05, 4.69) is 15.5 Å². The minimum Gasteiger partial charge on any atom is -0.454 e. The Hall–Kier alpha value is -3.21. The summed E-state index contributed by atoms with van der Waals surface area (Å²) in [6.07, 6.45) is 5.09. The first-order valence-corrected chi connectivity index (χ1v) is 12.2. The Morgan fingerprint density at radius 2 is 2.06 bits per heavy atom. The Morgan fingerprint density at radius 3 is 2.75 bits per heavy atom. The van der Waals surface area contributed by atoms with Gasteiger partial charge < -0.3 is 19.9 Å². The van der Waals surface area contributed by atoms with E-state index in [0.717, 1.165) is 12.8 Å². The molecule has 0 saturated carbocycles. The first-order chi connectivity index (χ1) is 17.2. The Bertz CT molecular complexity index is 1250. The Balaban J connectivity index is 1.55. The highest BCUT2D eigenvalue weighted by atomic mass is 35.5. The molecule has 192 valence electrons. The number of rotatable bonds is 9. The number of carbonyl (C=O) groups excluding carboxylic acids is 1. The predicted octanol–water partition coefficient (Wildman–Crippen LogP) is 3.65. The van der Waals surface area contributed by atoms with Crippen LogP contribution in [0.5, 0.6) is 11.5 Å². The van der Waals surface area contributed by atoms with Gasteiger partial charge >= 0.3 is 0 Å². The van der Waals surface area contributed by atoms with Crippen LogP contribution in [-0.2, 0) is 16.1 Å². The van der Waals surface area contributed by atoms with Crippen LogP contribution in [0.3, 0.4) is 0 Å². The number of anilines is 1. The third-order valence-corrected chi connectivity index (χ3v) is 6.11. The smallest absolute Gasteiger partial charge is 0.271 e. The van der Waals surface area contributed by atoms with Gasteiger partial charge in [-0.1, -0.05) is 23.7 Å². The highest BCUT2D eigenvalue weighted by Crippen LogP contribution is 2.29. The molecule has 3 aromatic rings. The van der Waals surface area contributed by atoms with Gasteiger partial charge in [0.2, 0.25) is 0 Å². The molecule has 2 aromatic heterocycles. The molecule has 1 fully saturated rings. The summed E-state index contributed by atoms with van der Waals surface area (Å²) in [5.74, 6) is 0.753. The molecule has 0 unspecified atom stereocenters. The molecule has 1 saturated heterocycles. The van der Waals surface area contributed by atoms with Crippen LogP contribution in [0.15, 0.2) is 53.6 Å². The second-order valence-electron chi connectivity index (χ2n) is 9.51. The molecule has 0 radical (unpaired) electrons. The molecular formula is C25H30ClN5O5. The number of amides is 1. The molecule has 10 nitrogen and oxygen atoms in total. The van der Waals surface area contributed by atoms with Gasteiger partial charge in [-0.15, -0.1) is 0 Å². The summed E-state index contributed by atoms with van der Waals surface area (Å²) in [6.45, 7) is 4.85. The summed E-state index contributed by atoms with van der Waals surface area (Å²) in [5, 5.41) is 21.8. The molecule has 1 aromatic carbocycles. The fourth-order valence-electron chi connectivity index (χ4n) is 4.08. The van der Waals surface area contributed by atoms with Crippen molar-refractivity contribution in [1.82, 2.24) is 19.6 Å². The van der Waals surface area contributed by atoms with Gasteiger partial charge in [-0.05, 0) is 51.2 Å². The SMILES string of the molecule is CC(C)(O)Cn1ccc(NC(=O)[C@@H](CC2CCOCC2)n2ncc(Oc3ccccc3Cl)cc2=O)n1. The second-order valence-corrected chi connectivity index (χ2v) is 9.92. The van der Waals surface area contributed by atoms with Crippen molar-refractivity contribution in [2.45, 2.75) is 51.3 Å². The zero-order chi connectivity index (χ0) is 25.7. The molecule has 1 aliphatic heterocycles. The molecule has 1 aliphatic rings. The van der Waals surface area contributed by atoms with Gasteiger partial charge in [-0.2, -0.15) is 10.2 Å². The van der Waals surface area contributed by atoms with E-state index in [4.69, 9.17) is 21.1 Å². The van der Waals surface area contributed by atoms with Crippen molar-refractivity contribution in [1.29, 1.82) is 0 Å². The van der Waals surface area contributed by atoms with Gasteiger partial charge in [0.25, 0.3) is 11.5 Å². The number of aromatic nitrogens is 4. The normalized spacial score (nSPS) is 15.4. The van der Waals surface area contributed by atoms with Crippen LogP contribution >= 0.6 is 11.6 Å². The monoisotopic (exact) mass is 515 g/mol. The summed E-state index contributed by atoms with van der Waals surface area (Å²) in [4.78, 5) is 26.4. The van der Waals surface area contributed by atoms with Crippen molar-refractivity contribution in [3.05, 3.63) is 64.2 Å². The van der Waals surface area contributed by atoms with E-state index in [1.807, 2.05) is 0 Å². The van der Waals surface area contributed by atoms with E-state index in [-0.39, 0.29) is 18.2 Å². The summed E-state index contributed by atoms with van der Waals surface area (Å²) < 4.78 is 13.9. The lowest BCUT2D eigenvalue weighted by atomic mass is 9.92. The fraction of sp³-hybridized carbons (Fsp3) is 0.440. The quantitative estimate of drug-likeness (QED) is 0.446. The third-order valence-electron chi connectivity index (χ3n) is 5.80. The number of ether oxygens (including phenoxy) is 2. The van der Waals surface area contributed by atoms with Crippen LogP contribution in [0.25, 0.3) is 0 Å². The van der Waals surface area contributed by atoms with E-state index in [9.17, 15) is 14.7 Å². The van der Waals surface area contributed by atoms with Crippen LogP contribution in [0.2, 0.25) is 5.02 Å². The van der Waals surface area contributed by atoms with Crippen molar-refractivity contribution in [2.75, 3.05) is 18.5 Å². The summed E-state index contributed by atoms with van der Waals surface area (Å²) >= 11 is 6.15. The minimum absolute atomic E-state index is 0.204. The summed E-state index contributed by atoms with van der Waals surface area (Å²) in [6, 6.07) is 9.00. The zero-order valence-electron chi connectivity index (χ0n) is 20.3. The molecule has 3 heterocycles. The maximum absolute atomic E-state index is 13.4. The summed E-state index contributed by atoms with van der Waals surface area (Å²) in [5.41, 5.74) is -1.43. The maximum atomic E-state index is 13.4. The molecule has 0 aliphatic carbocycles. The first kappa shape index (κ1) is 25.9. The topological polar surface area (TPSA) is 120 Å². The van der Waals surface area contributed by atoms with Crippen LogP contribution in [-0.4, -0.2) is 49.4 Å². The number of aliphatic hydroxyl groups is 1. The van der Waals surface area contributed by atoms with Gasteiger partial charge in [-0.3, -0.25) is 14.3 Å².